The van der Waals surface area contributed by atoms with E-state index in [1.165, 1.54) is 15.3 Å². The first kappa shape index (κ1) is 20.7. The van der Waals surface area contributed by atoms with Crippen molar-refractivity contribution < 1.29 is 9.47 Å². The molecule has 1 heterocycles. The lowest BCUT2D eigenvalue weighted by atomic mass is 10.2. The van der Waals surface area contributed by atoms with Crippen LogP contribution in [0.4, 0.5) is 0 Å². The number of rotatable bonds is 7. The van der Waals surface area contributed by atoms with Gasteiger partial charge in [-0.25, -0.2) is 0 Å². The van der Waals surface area contributed by atoms with Crippen LogP contribution < -0.4 is 15.4 Å². The second-order valence-corrected chi connectivity index (χ2v) is 6.01. The van der Waals surface area contributed by atoms with Crippen molar-refractivity contribution in [1.82, 2.24) is 10.6 Å². The Kier molecular flexibility index (Phi) is 9.73. The fourth-order valence-electron chi connectivity index (χ4n) is 2.05. The maximum atomic E-state index is 5.19. The van der Waals surface area contributed by atoms with Gasteiger partial charge in [-0.15, -0.1) is 35.3 Å². The zero-order valence-corrected chi connectivity index (χ0v) is 17.3. The van der Waals surface area contributed by atoms with Gasteiger partial charge in [-0.05, 0) is 42.0 Å². The van der Waals surface area contributed by atoms with Crippen LogP contribution in [-0.4, -0.2) is 40.4 Å². The van der Waals surface area contributed by atoms with Crippen LogP contribution >= 0.6 is 35.3 Å². The van der Waals surface area contributed by atoms with Crippen LogP contribution in [0.2, 0.25) is 0 Å². The van der Waals surface area contributed by atoms with Crippen LogP contribution in [0.1, 0.15) is 4.88 Å². The highest BCUT2D eigenvalue weighted by atomic mass is 127. The fourth-order valence-corrected chi connectivity index (χ4v) is 3.00. The third kappa shape index (κ3) is 6.29. The van der Waals surface area contributed by atoms with Crippen LogP contribution in [0.3, 0.4) is 0 Å². The maximum Gasteiger partial charge on any atom is 0.191 e. The molecule has 2 aromatic rings. The standard InChI is InChI=1S/C17H23N3O2S.HI/c1-18-17(19-10-11-21-2)20-12-15-8-9-16(23-15)13-4-6-14(22-3)7-5-13;/h4-9H,10-12H2,1-3H3,(H2,18,19,20);1H. The number of nitrogens with one attached hydrogen (secondary N) is 2. The Morgan fingerprint density at radius 3 is 2.46 bits per heavy atom. The smallest absolute Gasteiger partial charge is 0.191 e. The quantitative estimate of drug-likeness (QED) is 0.288. The average Bonchev–Trinajstić information content (AvgIpc) is 3.07. The molecule has 0 radical (unpaired) electrons. The van der Waals surface area contributed by atoms with E-state index < -0.39 is 0 Å². The van der Waals surface area contributed by atoms with Crippen LogP contribution in [-0.2, 0) is 11.3 Å². The second kappa shape index (κ2) is 11.3. The predicted molar refractivity (Wildman–Crippen MR) is 112 cm³/mol. The Labute approximate surface area is 164 Å². The third-order valence-corrected chi connectivity index (χ3v) is 4.42. The Morgan fingerprint density at radius 2 is 1.83 bits per heavy atom. The van der Waals surface area contributed by atoms with Gasteiger partial charge in [0.25, 0.3) is 0 Å². The number of nitrogens with zero attached hydrogens (tertiary/aromatic N) is 1. The van der Waals surface area contributed by atoms with Crippen molar-refractivity contribution in [3.05, 3.63) is 41.3 Å². The van der Waals surface area contributed by atoms with E-state index in [1.807, 2.05) is 12.1 Å². The summed E-state index contributed by atoms with van der Waals surface area (Å²) in [5.74, 6) is 1.65. The second-order valence-electron chi connectivity index (χ2n) is 4.84. The first-order valence-electron chi connectivity index (χ1n) is 7.43. The van der Waals surface area contributed by atoms with E-state index in [2.05, 4.69) is 39.9 Å². The molecule has 0 unspecified atom stereocenters. The lowest BCUT2D eigenvalue weighted by Gasteiger charge is -2.10. The van der Waals surface area contributed by atoms with Crippen molar-refractivity contribution in [2.75, 3.05) is 34.4 Å². The summed E-state index contributed by atoms with van der Waals surface area (Å²) in [4.78, 5) is 6.69. The summed E-state index contributed by atoms with van der Waals surface area (Å²) in [5.41, 5.74) is 1.20. The first-order chi connectivity index (χ1) is 11.3. The highest BCUT2D eigenvalue weighted by Crippen LogP contribution is 2.29. The summed E-state index contributed by atoms with van der Waals surface area (Å²) in [7, 11) is 5.13. The summed E-state index contributed by atoms with van der Waals surface area (Å²) in [5, 5.41) is 6.50. The van der Waals surface area contributed by atoms with Crippen molar-refractivity contribution in [3.8, 4) is 16.2 Å². The highest BCUT2D eigenvalue weighted by molar-refractivity contribution is 14.0. The number of hydrogen-bond acceptors (Lipinski definition) is 4. The first-order valence-corrected chi connectivity index (χ1v) is 8.25. The van der Waals surface area contributed by atoms with E-state index in [1.54, 1.807) is 32.6 Å². The molecule has 2 rings (SSSR count). The van der Waals surface area contributed by atoms with Gasteiger partial charge in [0.2, 0.25) is 0 Å². The number of aliphatic imine (C=N–C) groups is 1. The van der Waals surface area contributed by atoms with Gasteiger partial charge < -0.3 is 20.1 Å². The van der Waals surface area contributed by atoms with Crippen LogP contribution in [0.25, 0.3) is 10.4 Å². The van der Waals surface area contributed by atoms with Gasteiger partial charge in [0.05, 0.1) is 20.3 Å². The van der Waals surface area contributed by atoms with Crippen LogP contribution in [0.5, 0.6) is 5.75 Å². The number of hydrogen-bond donors (Lipinski definition) is 2. The van der Waals surface area contributed by atoms with Gasteiger partial charge in [0.1, 0.15) is 5.75 Å². The van der Waals surface area contributed by atoms with E-state index >= 15 is 0 Å². The van der Waals surface area contributed by atoms with Crippen molar-refractivity contribution in [1.29, 1.82) is 0 Å². The summed E-state index contributed by atoms with van der Waals surface area (Å²) in [6, 6.07) is 12.4. The van der Waals surface area contributed by atoms with E-state index in [0.29, 0.717) is 6.61 Å². The van der Waals surface area contributed by atoms with E-state index in [9.17, 15) is 0 Å². The number of halogens is 1. The average molecular weight is 461 g/mol. The normalized spacial score (nSPS) is 10.9. The zero-order valence-electron chi connectivity index (χ0n) is 14.2. The Hall–Kier alpha value is -1.32. The topological polar surface area (TPSA) is 54.9 Å². The molecule has 0 saturated heterocycles. The molecule has 0 spiro atoms. The monoisotopic (exact) mass is 461 g/mol. The molecule has 2 N–H and O–H groups in total. The molecular weight excluding hydrogens is 437 g/mol. The Bertz CT molecular complexity index is 629. The number of benzene rings is 1. The summed E-state index contributed by atoms with van der Waals surface area (Å²) >= 11 is 1.77. The Balaban J connectivity index is 0.00000288. The van der Waals surface area contributed by atoms with Gasteiger partial charge in [0, 0.05) is 30.5 Å². The molecule has 0 aliphatic carbocycles. The molecular formula is C17H24IN3O2S. The van der Waals surface area contributed by atoms with Crippen molar-refractivity contribution in [3.63, 3.8) is 0 Å². The number of thiophene rings is 1. The minimum absolute atomic E-state index is 0. The van der Waals surface area contributed by atoms with Crippen molar-refractivity contribution in [2.45, 2.75) is 6.54 Å². The molecule has 0 aliphatic rings. The van der Waals surface area contributed by atoms with Gasteiger partial charge in [-0.3, -0.25) is 4.99 Å². The van der Waals surface area contributed by atoms with E-state index in [-0.39, 0.29) is 24.0 Å². The van der Waals surface area contributed by atoms with Crippen molar-refractivity contribution in [2.24, 2.45) is 4.99 Å². The molecule has 0 amide bonds. The molecule has 7 heteroatoms. The lowest BCUT2D eigenvalue weighted by molar-refractivity contribution is 0.203. The van der Waals surface area contributed by atoms with Gasteiger partial charge >= 0.3 is 0 Å². The van der Waals surface area contributed by atoms with E-state index in [4.69, 9.17) is 9.47 Å². The third-order valence-electron chi connectivity index (χ3n) is 3.29. The predicted octanol–water partition coefficient (Wildman–Crippen LogP) is 3.35. The van der Waals surface area contributed by atoms with Gasteiger partial charge in [0.15, 0.2) is 5.96 Å². The molecule has 1 aromatic carbocycles. The summed E-state index contributed by atoms with van der Waals surface area (Å²) < 4.78 is 10.2. The lowest BCUT2D eigenvalue weighted by Crippen LogP contribution is -2.38. The molecule has 0 fully saturated rings. The minimum atomic E-state index is 0. The molecule has 24 heavy (non-hydrogen) atoms. The zero-order chi connectivity index (χ0) is 16.5. The Morgan fingerprint density at radius 1 is 1.08 bits per heavy atom. The SMILES string of the molecule is CN=C(NCCOC)NCc1ccc(-c2ccc(OC)cc2)s1.I. The molecule has 0 bridgehead atoms. The maximum absolute atomic E-state index is 5.19. The molecule has 132 valence electrons. The number of ether oxygens (including phenoxy) is 2. The fraction of sp³-hybridized carbons (Fsp3) is 0.353. The molecule has 0 saturated carbocycles. The molecule has 0 atom stereocenters. The van der Waals surface area contributed by atoms with Crippen molar-refractivity contribution >= 4 is 41.3 Å². The largest absolute Gasteiger partial charge is 0.497 e. The highest BCUT2D eigenvalue weighted by Gasteiger charge is 2.04. The molecule has 5 nitrogen and oxygen atoms in total. The summed E-state index contributed by atoms with van der Waals surface area (Å²) in [6.45, 7) is 2.13. The van der Waals surface area contributed by atoms with Crippen LogP contribution in [0, 0.1) is 0 Å². The van der Waals surface area contributed by atoms with Gasteiger partial charge in [-0.2, -0.15) is 0 Å². The molecule has 0 aliphatic heterocycles. The number of methoxy groups -OCH3 is 2. The minimum Gasteiger partial charge on any atom is -0.497 e. The molecule has 1 aromatic heterocycles. The summed E-state index contributed by atoms with van der Waals surface area (Å²) in [6.07, 6.45) is 0. The van der Waals surface area contributed by atoms with E-state index in [0.717, 1.165) is 24.8 Å². The van der Waals surface area contributed by atoms with Gasteiger partial charge in [-0.1, -0.05) is 0 Å². The van der Waals surface area contributed by atoms with Crippen LogP contribution in [0.15, 0.2) is 41.4 Å². The number of guanidine groups is 1.